The average molecular weight is 329 g/mol. The van der Waals surface area contributed by atoms with Crippen molar-refractivity contribution >= 4 is 17.6 Å². The van der Waals surface area contributed by atoms with Crippen molar-refractivity contribution in [2.45, 2.75) is 26.2 Å². The molecule has 0 aliphatic carbocycles. The number of para-hydroxylation sites is 1. The first-order chi connectivity index (χ1) is 11.6. The Morgan fingerprint density at radius 1 is 1.08 bits per heavy atom. The molecule has 0 heterocycles. The van der Waals surface area contributed by atoms with Gasteiger partial charge in [-0.15, -0.1) is 0 Å². The van der Waals surface area contributed by atoms with Gasteiger partial charge in [-0.2, -0.15) is 0 Å². The number of carbonyl (C=O) groups is 2. The van der Waals surface area contributed by atoms with E-state index in [1.165, 1.54) is 12.1 Å². The number of anilines is 1. The Balaban J connectivity index is 2.22. The van der Waals surface area contributed by atoms with E-state index in [0.717, 1.165) is 5.56 Å². The Hall–Kier alpha value is -2.69. The molecule has 0 saturated carbocycles. The Kier molecular flexibility index (Phi) is 6.07. The molecule has 24 heavy (non-hydrogen) atoms. The summed E-state index contributed by atoms with van der Waals surface area (Å²) in [5, 5.41) is 2.78. The summed E-state index contributed by atoms with van der Waals surface area (Å²) in [6.07, 6.45) is 0.555. The van der Waals surface area contributed by atoms with Crippen LogP contribution in [0.4, 0.5) is 10.1 Å². The number of esters is 1. The Labute approximate surface area is 140 Å². The first-order valence-corrected chi connectivity index (χ1v) is 7.89. The zero-order chi connectivity index (χ0) is 17.5. The van der Waals surface area contributed by atoms with Crippen molar-refractivity contribution in [2.24, 2.45) is 0 Å². The quantitative estimate of drug-likeness (QED) is 0.811. The summed E-state index contributed by atoms with van der Waals surface area (Å²) in [4.78, 5) is 24.6. The first kappa shape index (κ1) is 17.7. The molecule has 0 aromatic heterocycles. The molecule has 2 rings (SSSR count). The lowest BCUT2D eigenvalue weighted by atomic mass is 9.95. The third-order valence-electron chi connectivity index (χ3n) is 3.68. The van der Waals surface area contributed by atoms with E-state index in [-0.39, 0.29) is 18.3 Å². The van der Waals surface area contributed by atoms with Gasteiger partial charge in [-0.1, -0.05) is 31.2 Å². The van der Waals surface area contributed by atoms with Crippen molar-refractivity contribution in [3.8, 4) is 0 Å². The second-order valence-corrected chi connectivity index (χ2v) is 5.27. The molecule has 0 aliphatic heterocycles. The third kappa shape index (κ3) is 4.19. The lowest BCUT2D eigenvalue weighted by Gasteiger charge is -2.17. The van der Waals surface area contributed by atoms with E-state index in [1.54, 1.807) is 43.3 Å². The van der Waals surface area contributed by atoms with E-state index in [9.17, 15) is 14.0 Å². The van der Waals surface area contributed by atoms with Crippen LogP contribution in [0.25, 0.3) is 0 Å². The maximum Gasteiger partial charge on any atom is 0.340 e. The minimum Gasteiger partial charge on any atom is -0.462 e. The summed E-state index contributed by atoms with van der Waals surface area (Å²) >= 11 is 0. The zero-order valence-electron chi connectivity index (χ0n) is 13.7. The molecule has 0 aliphatic rings. The van der Waals surface area contributed by atoms with E-state index in [0.29, 0.717) is 17.7 Å². The van der Waals surface area contributed by atoms with Gasteiger partial charge in [0.25, 0.3) is 0 Å². The van der Waals surface area contributed by atoms with Crippen molar-refractivity contribution < 1.29 is 18.7 Å². The van der Waals surface area contributed by atoms with E-state index in [1.807, 2.05) is 6.92 Å². The molecule has 0 fully saturated rings. The lowest BCUT2D eigenvalue weighted by Crippen LogP contribution is -2.22. The number of benzene rings is 2. The van der Waals surface area contributed by atoms with Crippen molar-refractivity contribution in [3.63, 3.8) is 0 Å². The zero-order valence-corrected chi connectivity index (χ0v) is 13.7. The fraction of sp³-hybridized carbons (Fsp3) is 0.263. The highest BCUT2D eigenvalue weighted by Gasteiger charge is 2.21. The predicted octanol–water partition coefficient (Wildman–Crippen LogP) is 4.13. The number of amides is 1. The predicted molar refractivity (Wildman–Crippen MR) is 90.5 cm³/mol. The monoisotopic (exact) mass is 329 g/mol. The van der Waals surface area contributed by atoms with Crippen LogP contribution < -0.4 is 5.32 Å². The maximum absolute atomic E-state index is 13.1. The van der Waals surface area contributed by atoms with Crippen LogP contribution in [-0.4, -0.2) is 18.5 Å². The molecule has 4 nitrogen and oxygen atoms in total. The molecule has 0 radical (unpaired) electrons. The van der Waals surface area contributed by atoms with Crippen LogP contribution >= 0.6 is 0 Å². The molecule has 1 atom stereocenters. The van der Waals surface area contributed by atoms with Crippen LogP contribution in [0.3, 0.4) is 0 Å². The fourth-order valence-corrected chi connectivity index (χ4v) is 2.47. The molecule has 126 valence electrons. The van der Waals surface area contributed by atoms with Gasteiger partial charge in [-0.05, 0) is 43.2 Å². The van der Waals surface area contributed by atoms with Gasteiger partial charge < -0.3 is 10.1 Å². The molecule has 0 saturated heterocycles. The molecular formula is C19H20FNO3. The van der Waals surface area contributed by atoms with Gasteiger partial charge in [-0.25, -0.2) is 9.18 Å². The van der Waals surface area contributed by atoms with Crippen LogP contribution in [0.15, 0.2) is 48.5 Å². The second-order valence-electron chi connectivity index (χ2n) is 5.27. The molecule has 2 aromatic carbocycles. The lowest BCUT2D eigenvalue weighted by molar-refractivity contribution is -0.117. The molecule has 1 amide bonds. The number of ether oxygens (including phenoxy) is 1. The number of carbonyl (C=O) groups excluding carboxylic acids is 2. The van der Waals surface area contributed by atoms with Gasteiger partial charge in [0.15, 0.2) is 0 Å². The SMILES string of the molecule is CCOC(=O)c1ccccc1NC(=O)C(CC)c1ccc(F)cc1. The van der Waals surface area contributed by atoms with Crippen LogP contribution in [-0.2, 0) is 9.53 Å². The highest BCUT2D eigenvalue weighted by Crippen LogP contribution is 2.24. The largest absolute Gasteiger partial charge is 0.462 e. The molecule has 5 heteroatoms. The fourth-order valence-electron chi connectivity index (χ4n) is 2.47. The molecule has 1 N–H and O–H groups in total. The average Bonchev–Trinajstić information content (AvgIpc) is 2.58. The van der Waals surface area contributed by atoms with E-state index < -0.39 is 11.9 Å². The molecule has 0 bridgehead atoms. The number of nitrogens with one attached hydrogen (secondary N) is 1. The van der Waals surface area contributed by atoms with Gasteiger partial charge in [0.2, 0.25) is 5.91 Å². The van der Waals surface area contributed by atoms with E-state index in [2.05, 4.69) is 5.32 Å². The number of rotatable bonds is 6. The molecule has 2 aromatic rings. The summed E-state index contributed by atoms with van der Waals surface area (Å²) in [6, 6.07) is 12.6. The molecular weight excluding hydrogens is 309 g/mol. The van der Waals surface area contributed by atoms with Crippen molar-refractivity contribution in [1.82, 2.24) is 0 Å². The minimum atomic E-state index is -0.483. The Morgan fingerprint density at radius 3 is 2.38 bits per heavy atom. The van der Waals surface area contributed by atoms with E-state index in [4.69, 9.17) is 4.74 Å². The van der Waals surface area contributed by atoms with Crippen LogP contribution in [0.2, 0.25) is 0 Å². The van der Waals surface area contributed by atoms with Crippen LogP contribution in [0, 0.1) is 5.82 Å². The van der Waals surface area contributed by atoms with Crippen LogP contribution in [0.5, 0.6) is 0 Å². The van der Waals surface area contributed by atoms with Gasteiger partial charge >= 0.3 is 5.97 Å². The van der Waals surface area contributed by atoms with Gasteiger partial charge in [0, 0.05) is 0 Å². The van der Waals surface area contributed by atoms with E-state index >= 15 is 0 Å². The van der Waals surface area contributed by atoms with Crippen LogP contribution in [0.1, 0.15) is 42.1 Å². The number of halogens is 1. The first-order valence-electron chi connectivity index (χ1n) is 7.89. The second kappa shape index (κ2) is 8.24. The maximum atomic E-state index is 13.1. The summed E-state index contributed by atoms with van der Waals surface area (Å²) < 4.78 is 18.1. The normalized spacial score (nSPS) is 11.6. The summed E-state index contributed by atoms with van der Waals surface area (Å²) in [7, 11) is 0. The highest BCUT2D eigenvalue weighted by atomic mass is 19.1. The highest BCUT2D eigenvalue weighted by molar-refractivity contribution is 6.03. The van der Waals surface area contributed by atoms with Crippen molar-refractivity contribution in [1.29, 1.82) is 0 Å². The minimum absolute atomic E-state index is 0.249. The Bertz CT molecular complexity index is 713. The number of hydrogen-bond donors (Lipinski definition) is 1. The van der Waals surface area contributed by atoms with Gasteiger partial charge in [-0.3, -0.25) is 4.79 Å². The van der Waals surface area contributed by atoms with Gasteiger partial charge in [0.05, 0.1) is 23.8 Å². The topological polar surface area (TPSA) is 55.4 Å². The summed E-state index contributed by atoms with van der Waals surface area (Å²) in [6.45, 7) is 3.86. The summed E-state index contributed by atoms with van der Waals surface area (Å²) in [5.74, 6) is -1.51. The molecule has 0 spiro atoms. The van der Waals surface area contributed by atoms with Crippen molar-refractivity contribution in [3.05, 3.63) is 65.5 Å². The standard InChI is InChI=1S/C19H20FNO3/c1-3-15(13-9-11-14(20)12-10-13)18(22)21-17-8-6-5-7-16(17)19(23)24-4-2/h5-12,15H,3-4H2,1-2H3,(H,21,22). The third-order valence-corrected chi connectivity index (χ3v) is 3.68. The molecule has 1 unspecified atom stereocenters. The smallest absolute Gasteiger partial charge is 0.340 e. The Morgan fingerprint density at radius 2 is 1.75 bits per heavy atom. The number of hydrogen-bond acceptors (Lipinski definition) is 3. The van der Waals surface area contributed by atoms with Gasteiger partial charge in [0.1, 0.15) is 5.82 Å². The summed E-state index contributed by atoms with van der Waals surface area (Å²) in [5.41, 5.74) is 1.44. The van der Waals surface area contributed by atoms with Crippen molar-refractivity contribution in [2.75, 3.05) is 11.9 Å².